The van der Waals surface area contributed by atoms with E-state index in [1.54, 1.807) is 0 Å². The highest BCUT2D eigenvalue weighted by Gasteiger charge is 2.39. The molecule has 0 unspecified atom stereocenters. The zero-order chi connectivity index (χ0) is 18.8. The second-order valence-corrected chi connectivity index (χ2v) is 8.43. The summed E-state index contributed by atoms with van der Waals surface area (Å²) in [6.07, 6.45) is -3.88. The van der Waals surface area contributed by atoms with Crippen LogP contribution in [0.5, 0.6) is 5.75 Å². The molecule has 142 valence electrons. The molecule has 5 nitrogen and oxygen atoms in total. The number of alkyl halides is 3. The van der Waals surface area contributed by atoms with Gasteiger partial charge in [-0.25, -0.2) is 8.42 Å². The average molecular weight is 407 g/mol. The van der Waals surface area contributed by atoms with E-state index in [-0.39, 0.29) is 4.90 Å². The minimum Gasteiger partial charge on any atom is -0.406 e. The van der Waals surface area contributed by atoms with Crippen molar-refractivity contribution in [3.63, 3.8) is 0 Å². The van der Waals surface area contributed by atoms with Gasteiger partial charge < -0.3 is 9.47 Å². The third kappa shape index (κ3) is 4.37. The van der Waals surface area contributed by atoms with E-state index in [2.05, 4.69) is 9.46 Å². The van der Waals surface area contributed by atoms with Crippen LogP contribution in [0.4, 0.5) is 13.2 Å². The smallest absolute Gasteiger partial charge is 0.406 e. The van der Waals surface area contributed by atoms with Gasteiger partial charge in [-0.1, -0.05) is 6.07 Å². The van der Waals surface area contributed by atoms with Gasteiger partial charge in [0.25, 0.3) is 0 Å². The number of halogens is 3. The molecule has 0 amide bonds. The van der Waals surface area contributed by atoms with Crippen LogP contribution in [0.2, 0.25) is 0 Å². The van der Waals surface area contributed by atoms with E-state index in [1.807, 2.05) is 17.5 Å². The van der Waals surface area contributed by atoms with Gasteiger partial charge in [-0.15, -0.1) is 24.5 Å². The predicted molar refractivity (Wildman–Crippen MR) is 89.5 cm³/mol. The fourth-order valence-electron chi connectivity index (χ4n) is 2.81. The predicted octanol–water partition coefficient (Wildman–Crippen LogP) is 3.63. The highest BCUT2D eigenvalue weighted by atomic mass is 32.2. The maximum absolute atomic E-state index is 12.8. The molecule has 2 aromatic rings. The Hall–Kier alpha value is -1.62. The Kier molecular flexibility index (Phi) is 5.29. The number of thiophene rings is 1. The molecule has 26 heavy (non-hydrogen) atoms. The number of hydrogen-bond acceptors (Lipinski definition) is 5. The zero-order valence-corrected chi connectivity index (χ0v) is 15.1. The Morgan fingerprint density at radius 3 is 2.31 bits per heavy atom. The third-order valence-corrected chi connectivity index (χ3v) is 6.66. The molecule has 0 bridgehead atoms. The summed E-state index contributed by atoms with van der Waals surface area (Å²) in [7, 11) is -3.94. The highest BCUT2D eigenvalue weighted by molar-refractivity contribution is 7.89. The second-order valence-electron chi connectivity index (χ2n) is 5.80. The molecule has 1 aliphatic rings. The van der Waals surface area contributed by atoms with Crippen molar-refractivity contribution in [1.29, 1.82) is 0 Å². The van der Waals surface area contributed by atoms with Crippen LogP contribution in [0, 0.1) is 0 Å². The first-order chi connectivity index (χ1) is 12.2. The number of ether oxygens (including phenoxy) is 2. The minimum absolute atomic E-state index is 0.130. The van der Waals surface area contributed by atoms with Gasteiger partial charge in [0, 0.05) is 18.1 Å². The average Bonchev–Trinajstić information content (AvgIpc) is 3.09. The van der Waals surface area contributed by atoms with Crippen LogP contribution in [-0.4, -0.2) is 28.0 Å². The van der Waals surface area contributed by atoms with E-state index in [9.17, 15) is 21.6 Å². The molecular weight excluding hydrogens is 391 g/mol. The third-order valence-electron chi connectivity index (χ3n) is 4.04. The molecule has 0 spiro atoms. The SMILES string of the molecule is O=S(=O)(NC1(c2cccs2)CCOCC1)c1ccc(OC(F)(F)F)cc1. The first-order valence-electron chi connectivity index (χ1n) is 7.72. The molecule has 1 N–H and O–H groups in total. The van der Waals surface area contributed by atoms with Gasteiger partial charge in [0.05, 0.1) is 10.4 Å². The number of sulfonamides is 1. The normalized spacial score (nSPS) is 17.8. The van der Waals surface area contributed by atoms with Crippen molar-refractivity contribution < 1.29 is 31.1 Å². The first kappa shape index (κ1) is 19.2. The molecule has 3 rings (SSSR count). The van der Waals surface area contributed by atoms with E-state index in [0.717, 1.165) is 29.1 Å². The lowest BCUT2D eigenvalue weighted by Crippen LogP contribution is -2.48. The van der Waals surface area contributed by atoms with Crippen LogP contribution in [-0.2, 0) is 20.3 Å². The molecule has 1 saturated heterocycles. The molecule has 10 heteroatoms. The van der Waals surface area contributed by atoms with Gasteiger partial charge in [0.2, 0.25) is 10.0 Å². The van der Waals surface area contributed by atoms with E-state index < -0.39 is 27.7 Å². The van der Waals surface area contributed by atoms with Crippen molar-refractivity contribution in [3.8, 4) is 5.75 Å². The maximum Gasteiger partial charge on any atom is 0.573 e. The molecular formula is C16H16F3NO4S2. The Morgan fingerprint density at radius 2 is 1.77 bits per heavy atom. The molecule has 1 fully saturated rings. The van der Waals surface area contributed by atoms with E-state index in [0.29, 0.717) is 26.1 Å². The van der Waals surface area contributed by atoms with Crippen molar-refractivity contribution in [2.24, 2.45) is 0 Å². The highest BCUT2D eigenvalue weighted by Crippen LogP contribution is 2.36. The van der Waals surface area contributed by atoms with Crippen molar-refractivity contribution in [2.45, 2.75) is 29.6 Å². The Morgan fingerprint density at radius 1 is 1.12 bits per heavy atom. The fourth-order valence-corrected chi connectivity index (χ4v) is 5.25. The van der Waals surface area contributed by atoms with Gasteiger partial charge in [-0.3, -0.25) is 0 Å². The number of benzene rings is 1. The van der Waals surface area contributed by atoms with Gasteiger partial charge in [-0.2, -0.15) is 4.72 Å². The van der Waals surface area contributed by atoms with Gasteiger partial charge in [0.15, 0.2) is 0 Å². The van der Waals surface area contributed by atoms with E-state index in [1.165, 1.54) is 11.3 Å². The molecule has 1 aliphatic heterocycles. The van der Waals surface area contributed by atoms with E-state index in [4.69, 9.17) is 4.74 Å². The summed E-state index contributed by atoms with van der Waals surface area (Å²) >= 11 is 1.45. The van der Waals surface area contributed by atoms with Crippen LogP contribution in [0.25, 0.3) is 0 Å². The Labute approximate surface area is 152 Å². The van der Waals surface area contributed by atoms with Gasteiger partial charge >= 0.3 is 6.36 Å². The molecule has 0 aliphatic carbocycles. The molecule has 0 radical (unpaired) electrons. The molecule has 2 heterocycles. The van der Waals surface area contributed by atoms with E-state index >= 15 is 0 Å². The Balaban J connectivity index is 1.85. The van der Waals surface area contributed by atoms with Crippen LogP contribution in [0.15, 0.2) is 46.7 Å². The minimum atomic E-state index is -4.83. The summed E-state index contributed by atoms with van der Waals surface area (Å²) in [5, 5.41) is 1.87. The second kappa shape index (κ2) is 7.18. The van der Waals surface area contributed by atoms with Gasteiger partial charge in [-0.05, 0) is 48.6 Å². The molecule has 1 aromatic carbocycles. The lowest BCUT2D eigenvalue weighted by molar-refractivity contribution is -0.274. The number of nitrogens with one attached hydrogen (secondary N) is 1. The first-order valence-corrected chi connectivity index (χ1v) is 10.1. The van der Waals surface area contributed by atoms with Crippen molar-refractivity contribution >= 4 is 21.4 Å². The fraction of sp³-hybridized carbons (Fsp3) is 0.375. The maximum atomic E-state index is 12.8. The van der Waals surface area contributed by atoms with Crippen LogP contribution in [0.1, 0.15) is 17.7 Å². The Bertz CT molecular complexity index is 827. The summed E-state index contributed by atoms with van der Waals surface area (Å²) in [4.78, 5) is 0.746. The van der Waals surface area contributed by atoms with Crippen molar-refractivity contribution in [3.05, 3.63) is 46.7 Å². The van der Waals surface area contributed by atoms with Crippen LogP contribution < -0.4 is 9.46 Å². The largest absolute Gasteiger partial charge is 0.573 e. The number of rotatable bonds is 5. The topological polar surface area (TPSA) is 64.6 Å². The van der Waals surface area contributed by atoms with Gasteiger partial charge in [0.1, 0.15) is 5.75 Å². The quantitative estimate of drug-likeness (QED) is 0.822. The summed E-state index contributed by atoms with van der Waals surface area (Å²) in [5.74, 6) is -0.476. The summed E-state index contributed by atoms with van der Waals surface area (Å²) in [6, 6.07) is 7.83. The summed E-state index contributed by atoms with van der Waals surface area (Å²) in [6.45, 7) is 0.831. The lowest BCUT2D eigenvalue weighted by atomic mass is 9.90. The lowest BCUT2D eigenvalue weighted by Gasteiger charge is -2.36. The van der Waals surface area contributed by atoms with Crippen molar-refractivity contribution in [2.75, 3.05) is 13.2 Å². The van der Waals surface area contributed by atoms with Crippen LogP contribution in [0.3, 0.4) is 0 Å². The zero-order valence-electron chi connectivity index (χ0n) is 13.5. The molecule has 1 aromatic heterocycles. The monoisotopic (exact) mass is 407 g/mol. The molecule has 0 atom stereocenters. The standard InChI is InChI=1S/C16H16F3NO4S2/c17-16(18,19)24-12-3-5-13(6-4-12)26(21,22)20-15(7-9-23-10-8-15)14-2-1-11-25-14/h1-6,11,20H,7-10H2. The number of hydrogen-bond donors (Lipinski definition) is 1. The van der Waals surface area contributed by atoms with Crippen molar-refractivity contribution in [1.82, 2.24) is 4.72 Å². The summed E-state index contributed by atoms with van der Waals surface area (Å²) < 4.78 is 74.1. The molecule has 0 saturated carbocycles. The van der Waals surface area contributed by atoms with Crippen LogP contribution >= 0.6 is 11.3 Å². The summed E-state index contributed by atoms with van der Waals surface area (Å²) in [5.41, 5.74) is -0.785.